The summed E-state index contributed by atoms with van der Waals surface area (Å²) in [6, 6.07) is 2.36. The van der Waals surface area contributed by atoms with Crippen molar-refractivity contribution in [2.45, 2.75) is 24.8 Å². The molecule has 2 aliphatic rings. The van der Waals surface area contributed by atoms with Crippen molar-refractivity contribution in [2.24, 2.45) is 0 Å². The number of carbonyl (C=O) groups excluding carboxylic acids is 2. The van der Waals surface area contributed by atoms with Crippen LogP contribution >= 0.6 is 23.1 Å². The number of aromatic nitrogens is 2. The van der Waals surface area contributed by atoms with Crippen molar-refractivity contribution in [2.75, 3.05) is 5.75 Å². The molecule has 1 saturated heterocycles. The number of nitrogens with one attached hydrogen (secondary N) is 1. The van der Waals surface area contributed by atoms with E-state index in [0.29, 0.717) is 27.7 Å². The number of nitrogens with zero attached hydrogens (tertiary/aromatic N) is 3. The number of hydrogen-bond donors (Lipinski definition) is 3. The molecule has 3 N–H and O–H groups in total. The fourth-order valence-electron chi connectivity index (χ4n) is 3.22. The highest BCUT2D eigenvalue weighted by molar-refractivity contribution is 8.00. The summed E-state index contributed by atoms with van der Waals surface area (Å²) in [7, 11) is 0. The van der Waals surface area contributed by atoms with Crippen LogP contribution in [0.2, 0.25) is 0 Å². The van der Waals surface area contributed by atoms with Gasteiger partial charge in [0.15, 0.2) is 0 Å². The largest absolute Gasteiger partial charge is 0.506 e. The molecule has 0 aromatic carbocycles. The maximum Gasteiger partial charge on any atom is 0.352 e. The Morgan fingerprint density at radius 2 is 2.21 bits per heavy atom. The van der Waals surface area contributed by atoms with Crippen LogP contribution in [0.5, 0.6) is 5.75 Å². The number of hydrogen-bond acceptors (Lipinski definition) is 8. The molecule has 0 unspecified atom stereocenters. The normalized spacial score (nSPS) is 20.9. The molecule has 2 aromatic rings. The van der Waals surface area contributed by atoms with Crippen LogP contribution in [0.3, 0.4) is 0 Å². The van der Waals surface area contributed by atoms with E-state index in [1.807, 2.05) is 0 Å². The molecule has 0 saturated carbocycles. The maximum absolute atomic E-state index is 12.4. The van der Waals surface area contributed by atoms with Gasteiger partial charge in [-0.05, 0) is 24.6 Å². The summed E-state index contributed by atoms with van der Waals surface area (Å²) < 4.78 is 0. The first-order valence-corrected chi connectivity index (χ1v) is 10.6. The lowest BCUT2D eigenvalue weighted by atomic mass is 10.0. The highest BCUT2D eigenvalue weighted by Crippen LogP contribution is 2.40. The molecule has 0 spiro atoms. The molecule has 11 heteroatoms. The van der Waals surface area contributed by atoms with Gasteiger partial charge < -0.3 is 15.5 Å². The van der Waals surface area contributed by atoms with E-state index in [1.165, 1.54) is 34.1 Å². The van der Waals surface area contributed by atoms with Gasteiger partial charge >= 0.3 is 5.97 Å². The van der Waals surface area contributed by atoms with Crippen LogP contribution in [0, 0.1) is 0 Å². The number of carbonyl (C=O) groups is 3. The average molecular weight is 432 g/mol. The van der Waals surface area contributed by atoms with Crippen molar-refractivity contribution in [1.82, 2.24) is 20.2 Å². The molecule has 2 aromatic heterocycles. The second kappa shape index (κ2) is 7.48. The van der Waals surface area contributed by atoms with Gasteiger partial charge in [0.2, 0.25) is 5.91 Å². The van der Waals surface area contributed by atoms with E-state index >= 15 is 0 Å². The van der Waals surface area contributed by atoms with Gasteiger partial charge in [-0.3, -0.25) is 14.5 Å². The number of carboxylic acids is 1. The molecule has 4 heterocycles. The van der Waals surface area contributed by atoms with Crippen LogP contribution < -0.4 is 5.32 Å². The maximum atomic E-state index is 12.4. The van der Waals surface area contributed by atoms with Gasteiger partial charge in [0.25, 0.3) is 5.91 Å². The van der Waals surface area contributed by atoms with Crippen LogP contribution in [-0.4, -0.2) is 60.0 Å². The Bertz CT molecular complexity index is 1050. The number of carboxylic acid groups (broad SMARTS) is 1. The molecule has 29 heavy (non-hydrogen) atoms. The number of β-lactam (4-membered cyclic amide) rings is 1. The van der Waals surface area contributed by atoms with Crippen LogP contribution in [-0.2, 0) is 20.8 Å². The Morgan fingerprint density at radius 1 is 1.41 bits per heavy atom. The van der Waals surface area contributed by atoms with Crippen molar-refractivity contribution in [3.05, 3.63) is 40.7 Å². The summed E-state index contributed by atoms with van der Waals surface area (Å²) in [5, 5.41) is 23.7. The highest BCUT2D eigenvalue weighted by Gasteiger charge is 2.53. The first-order chi connectivity index (χ1) is 13.9. The van der Waals surface area contributed by atoms with Crippen molar-refractivity contribution in [1.29, 1.82) is 0 Å². The molecular formula is C18H16N4O5S2. The van der Waals surface area contributed by atoms with Crippen molar-refractivity contribution in [3.63, 3.8) is 0 Å². The molecule has 0 aliphatic carbocycles. The third-order valence-corrected chi connectivity index (χ3v) is 6.88. The minimum atomic E-state index is -1.14. The molecule has 0 bridgehead atoms. The van der Waals surface area contributed by atoms with Gasteiger partial charge in [0.05, 0.1) is 12.1 Å². The lowest BCUT2D eigenvalue weighted by Gasteiger charge is -2.49. The van der Waals surface area contributed by atoms with E-state index in [-0.39, 0.29) is 23.8 Å². The summed E-state index contributed by atoms with van der Waals surface area (Å²) in [4.78, 5) is 45.9. The van der Waals surface area contributed by atoms with Gasteiger partial charge in [-0.15, -0.1) is 23.1 Å². The van der Waals surface area contributed by atoms with Crippen molar-refractivity contribution < 1.29 is 24.6 Å². The second-order valence-corrected chi connectivity index (χ2v) is 8.54. The molecule has 4 rings (SSSR count). The van der Waals surface area contributed by atoms with E-state index < -0.39 is 23.3 Å². The minimum absolute atomic E-state index is 0.00330. The smallest absolute Gasteiger partial charge is 0.352 e. The minimum Gasteiger partial charge on any atom is -0.506 e. The second-order valence-electron chi connectivity index (χ2n) is 6.58. The number of aliphatic carboxylic acids is 1. The molecule has 0 radical (unpaired) electrons. The number of rotatable bonds is 5. The van der Waals surface area contributed by atoms with Crippen LogP contribution in [0.25, 0.3) is 10.7 Å². The van der Waals surface area contributed by atoms with E-state index in [9.17, 15) is 24.6 Å². The number of thioether (sulfide) groups is 1. The first kappa shape index (κ1) is 19.4. The van der Waals surface area contributed by atoms with Gasteiger partial charge in [-0.1, -0.05) is 0 Å². The number of fused-ring (bicyclic) bond motifs is 1. The van der Waals surface area contributed by atoms with Gasteiger partial charge in [0, 0.05) is 17.3 Å². The van der Waals surface area contributed by atoms with E-state index in [0.717, 1.165) is 0 Å². The number of amides is 2. The monoisotopic (exact) mass is 432 g/mol. The van der Waals surface area contributed by atoms with Crippen LogP contribution in [0.1, 0.15) is 12.6 Å². The molecule has 2 aliphatic heterocycles. The average Bonchev–Trinajstić information content (AvgIpc) is 3.14. The predicted octanol–water partition coefficient (Wildman–Crippen LogP) is 1.21. The molecule has 1 fully saturated rings. The highest BCUT2D eigenvalue weighted by atomic mass is 32.2. The Balaban J connectivity index is 1.41. The van der Waals surface area contributed by atoms with Gasteiger partial charge in [0.1, 0.15) is 33.6 Å². The van der Waals surface area contributed by atoms with Crippen molar-refractivity contribution >= 4 is 40.9 Å². The summed E-state index contributed by atoms with van der Waals surface area (Å²) in [5.41, 5.74) is 1.47. The first-order valence-electron chi connectivity index (χ1n) is 8.62. The van der Waals surface area contributed by atoms with E-state index in [2.05, 4.69) is 15.3 Å². The quantitative estimate of drug-likeness (QED) is 0.601. The lowest BCUT2D eigenvalue weighted by Crippen LogP contribution is -2.70. The molecule has 2 atom stereocenters. The SMILES string of the molecule is CC1=C(C(=O)O)N2C(=O)[C@@H](NC(=O)Cc3csc(-c4ncccc4O)n3)[C@H]2SC1. The Hall–Kier alpha value is -2.92. The van der Waals surface area contributed by atoms with E-state index in [4.69, 9.17) is 0 Å². The topological polar surface area (TPSA) is 133 Å². The third-order valence-electron chi connectivity index (χ3n) is 4.56. The summed E-state index contributed by atoms with van der Waals surface area (Å²) in [5.74, 6) is -1.45. The van der Waals surface area contributed by atoms with Crippen molar-refractivity contribution in [3.8, 4) is 16.5 Å². The zero-order valence-corrected chi connectivity index (χ0v) is 16.8. The molecule has 2 amide bonds. The van der Waals surface area contributed by atoms with E-state index in [1.54, 1.807) is 24.6 Å². The summed E-state index contributed by atoms with van der Waals surface area (Å²) in [6.45, 7) is 1.69. The molecule has 150 valence electrons. The molecular weight excluding hydrogens is 416 g/mol. The van der Waals surface area contributed by atoms with Gasteiger partial charge in [-0.2, -0.15) is 0 Å². The Labute approximate surface area is 173 Å². The standard InChI is InChI=1S/C18H16N4O5S2/c1-8-6-29-17-13(16(25)22(17)14(8)18(26)27)21-11(24)5-9-7-28-15(20-9)12-10(23)3-2-4-19-12/h2-4,7,13,17,23H,5-6H2,1H3,(H,21,24)(H,26,27)/t13-,17-/m1/s1. The summed E-state index contributed by atoms with van der Waals surface area (Å²) >= 11 is 2.68. The third kappa shape index (κ3) is 3.47. The Kier molecular flexibility index (Phi) is 5.01. The lowest BCUT2D eigenvalue weighted by molar-refractivity contribution is -0.150. The van der Waals surface area contributed by atoms with Crippen LogP contribution in [0.15, 0.2) is 35.0 Å². The Morgan fingerprint density at radius 3 is 2.93 bits per heavy atom. The zero-order valence-electron chi connectivity index (χ0n) is 15.2. The summed E-state index contributed by atoms with van der Waals surface area (Å²) in [6.07, 6.45) is 1.51. The number of thiazole rings is 1. The fraction of sp³-hybridized carbons (Fsp3) is 0.278. The number of aromatic hydroxyl groups is 1. The fourth-order valence-corrected chi connectivity index (χ4v) is 5.34. The van der Waals surface area contributed by atoms with Gasteiger partial charge in [-0.25, -0.2) is 14.8 Å². The molecule has 9 nitrogen and oxygen atoms in total. The zero-order chi connectivity index (χ0) is 20.7. The predicted molar refractivity (Wildman–Crippen MR) is 106 cm³/mol. The van der Waals surface area contributed by atoms with Crippen LogP contribution in [0.4, 0.5) is 0 Å². The number of pyridine rings is 1.